The summed E-state index contributed by atoms with van der Waals surface area (Å²) in [5, 5.41) is 3.79. The molecule has 1 aromatic heterocycles. The first kappa shape index (κ1) is 22.1. The van der Waals surface area contributed by atoms with Gasteiger partial charge in [0.05, 0.1) is 5.69 Å². The Balaban J connectivity index is 1.24. The van der Waals surface area contributed by atoms with E-state index in [1.807, 2.05) is 0 Å². The van der Waals surface area contributed by atoms with Crippen molar-refractivity contribution in [3.63, 3.8) is 0 Å². The number of hydrogen-bond acceptors (Lipinski definition) is 6. The Labute approximate surface area is 209 Å². The molecule has 1 N–H and O–H groups in total. The van der Waals surface area contributed by atoms with Crippen LogP contribution in [0.3, 0.4) is 0 Å². The summed E-state index contributed by atoms with van der Waals surface area (Å²) < 4.78 is 6.36. The molecule has 4 heterocycles. The maximum atomic E-state index is 6.36. The molecule has 4 atom stereocenters. The average molecular weight is 474 g/mol. The van der Waals surface area contributed by atoms with Crippen LogP contribution in [0, 0.1) is 6.92 Å². The molecule has 1 spiro atoms. The van der Waals surface area contributed by atoms with Crippen LogP contribution >= 0.6 is 0 Å². The van der Waals surface area contributed by atoms with Gasteiger partial charge < -0.3 is 19.9 Å². The molecule has 3 fully saturated rings. The highest BCUT2D eigenvalue weighted by atomic mass is 16.5. The van der Waals surface area contributed by atoms with E-state index in [2.05, 4.69) is 47.3 Å². The minimum atomic E-state index is 0.228. The van der Waals surface area contributed by atoms with Crippen molar-refractivity contribution in [2.45, 2.75) is 88.3 Å². The van der Waals surface area contributed by atoms with Gasteiger partial charge in [0.2, 0.25) is 0 Å². The van der Waals surface area contributed by atoms with Gasteiger partial charge >= 0.3 is 6.01 Å². The summed E-state index contributed by atoms with van der Waals surface area (Å²) in [6.07, 6.45) is 10.8. The molecule has 6 heteroatoms. The fraction of sp³-hybridized carbons (Fsp3) is 0.655. The lowest BCUT2D eigenvalue weighted by atomic mass is 9.69. The number of ether oxygens (including phenoxy) is 1. The van der Waals surface area contributed by atoms with E-state index in [0.29, 0.717) is 30.7 Å². The molecule has 7 rings (SSSR count). The number of aromatic nitrogens is 2. The first-order valence-corrected chi connectivity index (χ1v) is 13.9. The highest BCUT2D eigenvalue weighted by Crippen LogP contribution is 2.49. The van der Waals surface area contributed by atoms with E-state index in [0.717, 1.165) is 32.5 Å². The molecule has 0 amide bonds. The standard InChI is InChI=1S/C29H39N5O/c1-19-5-3-7-25-23(19)10-12-29(25)13-11-24-26(15-29)31-28(35-18-22-6-4-14-33(22)2)32-27(24)34-16-20-8-9-21(17-34)30-20/h3,5,7,20-22,30H,4,6,8-18H2,1-2H3/t20-,21+,22-,29?/m0/s1. The van der Waals surface area contributed by atoms with Gasteiger partial charge in [-0.25, -0.2) is 0 Å². The molecule has 1 unspecified atom stereocenters. The molecular formula is C29H39N5O. The van der Waals surface area contributed by atoms with Crippen LogP contribution in [0.5, 0.6) is 6.01 Å². The summed E-state index contributed by atoms with van der Waals surface area (Å²) in [5.74, 6) is 1.17. The number of likely N-dealkylation sites (N-methyl/N-ethyl adjacent to an activating group) is 1. The number of aryl methyl sites for hydroxylation is 1. The fourth-order valence-corrected chi connectivity index (χ4v) is 7.80. The lowest BCUT2D eigenvalue weighted by Crippen LogP contribution is -2.52. The Bertz CT molecular complexity index is 1120. The SMILES string of the molecule is Cc1cccc2c1CCC21CCc2c(nc(OC[C@@H]3CCCN3C)nc2N2C[C@H]3CC[C@@H](C2)N3)C1. The number of fused-ring (bicyclic) bond motifs is 5. The van der Waals surface area contributed by atoms with E-state index in [9.17, 15) is 0 Å². The molecule has 3 saturated heterocycles. The first-order chi connectivity index (χ1) is 17.1. The van der Waals surface area contributed by atoms with E-state index in [1.165, 1.54) is 67.6 Å². The smallest absolute Gasteiger partial charge is 0.318 e. The van der Waals surface area contributed by atoms with Gasteiger partial charge in [-0.05, 0) is 95.0 Å². The van der Waals surface area contributed by atoms with Gasteiger partial charge in [-0.3, -0.25) is 0 Å². The number of rotatable bonds is 4. The second-order valence-corrected chi connectivity index (χ2v) is 11.9. The highest BCUT2D eigenvalue weighted by molar-refractivity contribution is 5.55. The molecule has 2 aromatic rings. The van der Waals surface area contributed by atoms with E-state index >= 15 is 0 Å². The fourth-order valence-electron chi connectivity index (χ4n) is 7.80. The van der Waals surface area contributed by atoms with E-state index in [-0.39, 0.29) is 5.41 Å². The van der Waals surface area contributed by atoms with Crippen LogP contribution < -0.4 is 15.0 Å². The molecule has 6 nitrogen and oxygen atoms in total. The predicted molar refractivity (Wildman–Crippen MR) is 139 cm³/mol. The van der Waals surface area contributed by atoms with Crippen molar-refractivity contribution in [3.8, 4) is 6.01 Å². The van der Waals surface area contributed by atoms with Crippen LogP contribution in [-0.2, 0) is 24.7 Å². The van der Waals surface area contributed by atoms with Crippen molar-refractivity contribution in [3.05, 3.63) is 46.1 Å². The molecule has 2 bridgehead atoms. The molecule has 3 aliphatic heterocycles. The van der Waals surface area contributed by atoms with E-state index in [1.54, 1.807) is 11.1 Å². The molecule has 0 saturated carbocycles. The summed E-state index contributed by atoms with van der Waals surface area (Å²) >= 11 is 0. The zero-order valence-corrected chi connectivity index (χ0v) is 21.4. The molecule has 1 aromatic carbocycles. The van der Waals surface area contributed by atoms with Crippen LogP contribution in [0.25, 0.3) is 0 Å². The highest BCUT2D eigenvalue weighted by Gasteiger charge is 2.44. The zero-order chi connectivity index (χ0) is 23.6. The Hall–Kier alpha value is -2.18. The Kier molecular flexibility index (Phi) is 5.32. The number of anilines is 1. The van der Waals surface area contributed by atoms with Crippen molar-refractivity contribution >= 4 is 5.82 Å². The largest absolute Gasteiger partial charge is 0.462 e. The predicted octanol–water partition coefficient (Wildman–Crippen LogP) is 3.57. The van der Waals surface area contributed by atoms with Gasteiger partial charge in [-0.15, -0.1) is 0 Å². The normalized spacial score (nSPS) is 31.7. The summed E-state index contributed by atoms with van der Waals surface area (Å²) in [7, 11) is 2.21. The Morgan fingerprint density at radius 3 is 2.63 bits per heavy atom. The Morgan fingerprint density at radius 2 is 1.86 bits per heavy atom. The van der Waals surface area contributed by atoms with Crippen LogP contribution in [0.1, 0.15) is 66.5 Å². The van der Waals surface area contributed by atoms with E-state index in [4.69, 9.17) is 14.7 Å². The van der Waals surface area contributed by atoms with Gasteiger partial charge in [0.25, 0.3) is 0 Å². The third-order valence-corrected chi connectivity index (χ3v) is 9.84. The van der Waals surface area contributed by atoms with Crippen molar-refractivity contribution in [1.29, 1.82) is 0 Å². The summed E-state index contributed by atoms with van der Waals surface area (Å²) in [5.41, 5.74) is 7.49. The summed E-state index contributed by atoms with van der Waals surface area (Å²) in [6.45, 7) is 6.24. The maximum absolute atomic E-state index is 6.36. The minimum Gasteiger partial charge on any atom is -0.462 e. The van der Waals surface area contributed by atoms with Crippen LogP contribution in [0.4, 0.5) is 5.82 Å². The second-order valence-electron chi connectivity index (χ2n) is 11.9. The van der Waals surface area contributed by atoms with Gasteiger partial charge in [-0.2, -0.15) is 9.97 Å². The lowest BCUT2D eigenvalue weighted by Gasteiger charge is -2.39. The van der Waals surface area contributed by atoms with Crippen LogP contribution in [0.15, 0.2) is 18.2 Å². The number of benzene rings is 1. The molecule has 186 valence electrons. The van der Waals surface area contributed by atoms with Gasteiger partial charge in [0.15, 0.2) is 0 Å². The zero-order valence-electron chi connectivity index (χ0n) is 21.4. The van der Waals surface area contributed by atoms with Crippen LogP contribution in [0.2, 0.25) is 0 Å². The first-order valence-electron chi connectivity index (χ1n) is 13.9. The molecule has 0 radical (unpaired) electrons. The van der Waals surface area contributed by atoms with Gasteiger partial charge in [0, 0.05) is 42.2 Å². The second kappa shape index (κ2) is 8.45. The van der Waals surface area contributed by atoms with Crippen molar-refractivity contribution in [2.24, 2.45) is 0 Å². The quantitative estimate of drug-likeness (QED) is 0.733. The average Bonchev–Trinajstić information content (AvgIpc) is 3.54. The monoisotopic (exact) mass is 473 g/mol. The van der Waals surface area contributed by atoms with E-state index < -0.39 is 0 Å². The van der Waals surface area contributed by atoms with Crippen LogP contribution in [-0.4, -0.2) is 66.3 Å². The summed E-state index contributed by atoms with van der Waals surface area (Å²) in [4.78, 5) is 15.2. The number of nitrogens with one attached hydrogen (secondary N) is 1. The maximum Gasteiger partial charge on any atom is 0.318 e. The minimum absolute atomic E-state index is 0.228. The Morgan fingerprint density at radius 1 is 1.06 bits per heavy atom. The molecule has 2 aliphatic carbocycles. The van der Waals surface area contributed by atoms with Crippen molar-refractivity contribution in [2.75, 3.05) is 38.2 Å². The number of nitrogens with zero attached hydrogens (tertiary/aromatic N) is 4. The topological polar surface area (TPSA) is 53.5 Å². The molecule has 35 heavy (non-hydrogen) atoms. The van der Waals surface area contributed by atoms with Gasteiger partial charge in [0.1, 0.15) is 12.4 Å². The van der Waals surface area contributed by atoms with Crippen molar-refractivity contribution in [1.82, 2.24) is 20.2 Å². The number of hydrogen-bond donors (Lipinski definition) is 1. The third kappa shape index (κ3) is 3.75. The molecular weight excluding hydrogens is 434 g/mol. The number of likely N-dealkylation sites (tertiary alicyclic amines) is 1. The summed E-state index contributed by atoms with van der Waals surface area (Å²) in [6, 6.07) is 9.19. The van der Waals surface area contributed by atoms with Crippen molar-refractivity contribution < 1.29 is 4.74 Å². The molecule has 5 aliphatic rings. The third-order valence-electron chi connectivity index (χ3n) is 9.84. The number of piperazine rings is 1. The lowest BCUT2D eigenvalue weighted by molar-refractivity contribution is 0.186. The van der Waals surface area contributed by atoms with Gasteiger partial charge in [-0.1, -0.05) is 18.2 Å².